The lowest BCUT2D eigenvalue weighted by atomic mass is 9.90. The maximum absolute atomic E-state index is 4.85. The number of aromatic nitrogens is 1. The SMILES string of the molecule is C/C=C\C(NCC)n1c2ccccc2c2cc(-c3cc(-c4ccc(C5=CC=CCN5C)cc4)cc(C(N/C(=C/CC)c4ccccc4)c4ccccc4)c3)ccc21.CCN. The summed E-state index contributed by atoms with van der Waals surface area (Å²) < 4.78 is 2.44. The largest absolute Gasteiger partial charge is 0.374 e. The first-order chi connectivity index (χ1) is 29.5. The van der Waals surface area contributed by atoms with E-state index in [2.05, 4.69) is 230 Å². The Balaban J connectivity index is 0.00000176. The van der Waals surface area contributed by atoms with E-state index in [-0.39, 0.29) is 12.2 Å². The molecule has 7 aromatic rings. The van der Waals surface area contributed by atoms with Gasteiger partial charge in [-0.15, -0.1) is 0 Å². The van der Waals surface area contributed by atoms with E-state index in [9.17, 15) is 0 Å². The third-order valence-electron chi connectivity index (χ3n) is 11.0. The summed E-state index contributed by atoms with van der Waals surface area (Å²) in [7, 11) is 2.15. The number of rotatable bonds is 13. The summed E-state index contributed by atoms with van der Waals surface area (Å²) >= 11 is 0. The summed E-state index contributed by atoms with van der Waals surface area (Å²) in [5.41, 5.74) is 19.2. The molecule has 0 amide bonds. The fourth-order valence-electron chi connectivity index (χ4n) is 8.27. The Morgan fingerprint density at radius 1 is 0.683 bits per heavy atom. The number of hydrogen-bond acceptors (Lipinski definition) is 4. The minimum atomic E-state index is -0.0950. The number of nitrogens with one attached hydrogen (secondary N) is 2. The molecule has 2 unspecified atom stereocenters. The van der Waals surface area contributed by atoms with Gasteiger partial charge >= 0.3 is 0 Å². The standard InChI is InChI=1S/C53H52N4.C2H7N/c1-5-18-48(39-20-10-8-11-21-39)55-53(41-22-12-9-13-23-41)45-35-43(38-27-29-40(30-28-38)49-25-16-17-33-56(49)4)34-44(36-45)42-31-32-51-47(37-42)46-24-14-15-26-50(46)57(51)52(19-6-2)54-7-3;1-2-3/h6,8-32,34-37,52-55H,5,7,33H2,1-4H3;2-3H2,1H3/b19-6-,48-18+;. The quantitative estimate of drug-likeness (QED) is 0.102. The van der Waals surface area contributed by atoms with Crippen LogP contribution in [0.5, 0.6) is 0 Å². The highest BCUT2D eigenvalue weighted by atomic mass is 15.2. The smallest absolute Gasteiger partial charge is 0.103 e. The molecular formula is C55H59N5. The maximum atomic E-state index is 4.85. The number of benzene rings is 6. The van der Waals surface area contributed by atoms with Gasteiger partial charge in [0.25, 0.3) is 0 Å². The average molecular weight is 790 g/mol. The lowest BCUT2D eigenvalue weighted by Crippen LogP contribution is -2.24. The Morgan fingerprint density at radius 3 is 2.00 bits per heavy atom. The molecule has 0 aliphatic carbocycles. The van der Waals surface area contributed by atoms with Gasteiger partial charge in [0.1, 0.15) is 6.17 Å². The number of nitrogens with two attached hydrogens (primary N) is 1. The molecule has 1 aliphatic heterocycles. The van der Waals surface area contributed by atoms with Crippen LogP contribution in [0.15, 0.2) is 182 Å². The second-order valence-electron chi connectivity index (χ2n) is 15.2. The normalized spacial score (nSPS) is 13.9. The van der Waals surface area contributed by atoms with Gasteiger partial charge in [-0.3, -0.25) is 5.32 Å². The molecule has 304 valence electrons. The van der Waals surface area contributed by atoms with Gasteiger partial charge in [0, 0.05) is 35.8 Å². The van der Waals surface area contributed by atoms with Crippen LogP contribution in [0.2, 0.25) is 0 Å². The molecule has 1 aromatic heterocycles. The number of hydrogen-bond donors (Lipinski definition) is 3. The third kappa shape index (κ3) is 9.24. The second-order valence-corrected chi connectivity index (χ2v) is 15.2. The Hall–Kier alpha value is -6.40. The van der Waals surface area contributed by atoms with Gasteiger partial charge in [-0.25, -0.2) is 0 Å². The Morgan fingerprint density at radius 2 is 1.32 bits per heavy atom. The van der Waals surface area contributed by atoms with Crippen molar-refractivity contribution in [2.45, 2.75) is 46.3 Å². The summed E-state index contributed by atoms with van der Waals surface area (Å²) in [6.07, 6.45) is 14.2. The maximum Gasteiger partial charge on any atom is 0.103 e. The van der Waals surface area contributed by atoms with Gasteiger partial charge in [-0.1, -0.05) is 160 Å². The number of likely N-dealkylation sites (N-methyl/N-ethyl adjacent to an activating group) is 2. The monoisotopic (exact) mass is 789 g/mol. The van der Waals surface area contributed by atoms with Crippen LogP contribution < -0.4 is 16.4 Å². The van der Waals surface area contributed by atoms with Crippen LogP contribution in [0.4, 0.5) is 0 Å². The summed E-state index contributed by atoms with van der Waals surface area (Å²) in [6, 6.07) is 53.5. The first-order valence-electron chi connectivity index (χ1n) is 21.5. The van der Waals surface area contributed by atoms with Crippen molar-refractivity contribution in [1.29, 1.82) is 0 Å². The molecule has 6 aromatic carbocycles. The van der Waals surface area contributed by atoms with Crippen LogP contribution in [-0.2, 0) is 0 Å². The van der Waals surface area contributed by atoms with E-state index >= 15 is 0 Å². The van der Waals surface area contributed by atoms with Crippen LogP contribution in [0, 0.1) is 0 Å². The molecule has 0 saturated carbocycles. The van der Waals surface area contributed by atoms with Crippen molar-refractivity contribution in [1.82, 2.24) is 20.1 Å². The van der Waals surface area contributed by atoms with Crippen molar-refractivity contribution < 1.29 is 0 Å². The zero-order chi connectivity index (χ0) is 41.8. The van der Waals surface area contributed by atoms with Gasteiger partial charge in [0.15, 0.2) is 0 Å². The number of allylic oxidation sites excluding steroid dienone is 4. The molecule has 8 rings (SSSR count). The van der Waals surface area contributed by atoms with Crippen LogP contribution in [0.3, 0.4) is 0 Å². The summed E-state index contributed by atoms with van der Waals surface area (Å²) in [5, 5.41) is 10.2. The van der Waals surface area contributed by atoms with Crippen LogP contribution in [0.25, 0.3) is 55.5 Å². The van der Waals surface area contributed by atoms with Crippen molar-refractivity contribution >= 4 is 33.2 Å². The van der Waals surface area contributed by atoms with Crippen LogP contribution >= 0.6 is 0 Å². The van der Waals surface area contributed by atoms with E-state index in [4.69, 9.17) is 5.73 Å². The van der Waals surface area contributed by atoms with Crippen LogP contribution in [-0.4, -0.2) is 36.1 Å². The van der Waals surface area contributed by atoms with Crippen molar-refractivity contribution in [2.75, 3.05) is 26.7 Å². The predicted octanol–water partition coefficient (Wildman–Crippen LogP) is 12.8. The zero-order valence-corrected chi connectivity index (χ0v) is 35.8. The fraction of sp³-hybridized carbons (Fsp3) is 0.200. The third-order valence-corrected chi connectivity index (χ3v) is 11.0. The highest BCUT2D eigenvalue weighted by molar-refractivity contribution is 6.09. The average Bonchev–Trinajstić information content (AvgIpc) is 3.62. The van der Waals surface area contributed by atoms with Gasteiger partial charge in [0.2, 0.25) is 0 Å². The molecule has 2 atom stereocenters. The molecule has 5 heteroatoms. The summed E-state index contributed by atoms with van der Waals surface area (Å²) in [4.78, 5) is 2.30. The molecule has 5 nitrogen and oxygen atoms in total. The molecule has 0 saturated heterocycles. The Bertz CT molecular complexity index is 2610. The van der Waals surface area contributed by atoms with Crippen molar-refractivity contribution in [3.8, 4) is 22.3 Å². The molecular weight excluding hydrogens is 731 g/mol. The first kappa shape index (κ1) is 41.7. The number of para-hydroxylation sites is 1. The molecule has 0 bridgehead atoms. The van der Waals surface area contributed by atoms with E-state index in [0.29, 0.717) is 0 Å². The topological polar surface area (TPSA) is 58.2 Å². The van der Waals surface area contributed by atoms with Crippen LogP contribution in [0.1, 0.15) is 68.6 Å². The molecule has 0 fully saturated rings. The zero-order valence-electron chi connectivity index (χ0n) is 35.8. The minimum Gasteiger partial charge on any atom is -0.374 e. The molecule has 0 spiro atoms. The highest BCUT2D eigenvalue weighted by Gasteiger charge is 2.21. The van der Waals surface area contributed by atoms with Gasteiger partial charge < -0.3 is 20.5 Å². The molecule has 60 heavy (non-hydrogen) atoms. The van der Waals surface area contributed by atoms with Crippen molar-refractivity contribution in [3.05, 3.63) is 204 Å². The molecule has 4 N–H and O–H groups in total. The van der Waals surface area contributed by atoms with E-state index < -0.39 is 0 Å². The first-order valence-corrected chi connectivity index (χ1v) is 21.5. The van der Waals surface area contributed by atoms with Gasteiger partial charge in [-0.2, -0.15) is 0 Å². The lowest BCUT2D eigenvalue weighted by Gasteiger charge is -2.25. The minimum absolute atomic E-state index is 0.0547. The molecule has 2 heterocycles. The Labute approximate surface area is 357 Å². The van der Waals surface area contributed by atoms with Crippen molar-refractivity contribution in [3.63, 3.8) is 0 Å². The predicted molar refractivity (Wildman–Crippen MR) is 258 cm³/mol. The van der Waals surface area contributed by atoms with E-state index in [1.54, 1.807) is 0 Å². The van der Waals surface area contributed by atoms with Gasteiger partial charge in [0.05, 0.1) is 17.1 Å². The van der Waals surface area contributed by atoms with Crippen molar-refractivity contribution in [2.24, 2.45) is 5.73 Å². The Kier molecular flexibility index (Phi) is 13.9. The second kappa shape index (κ2) is 20.0. The summed E-state index contributed by atoms with van der Waals surface area (Å²) in [6.45, 7) is 10.9. The van der Waals surface area contributed by atoms with E-state index in [1.165, 1.54) is 72.0 Å². The summed E-state index contributed by atoms with van der Waals surface area (Å²) in [5.74, 6) is 0. The fourth-order valence-corrected chi connectivity index (χ4v) is 8.27. The lowest BCUT2D eigenvalue weighted by molar-refractivity contribution is 0.521. The molecule has 0 radical (unpaired) electrons. The van der Waals surface area contributed by atoms with E-state index in [0.717, 1.165) is 31.8 Å². The number of nitrogens with zero attached hydrogens (tertiary/aromatic N) is 2. The van der Waals surface area contributed by atoms with Gasteiger partial charge in [-0.05, 0) is 113 Å². The molecule has 1 aliphatic rings. The highest BCUT2D eigenvalue weighted by Crippen LogP contribution is 2.38. The number of fused-ring (bicyclic) bond motifs is 3. The van der Waals surface area contributed by atoms with E-state index in [1.807, 2.05) is 6.92 Å².